The van der Waals surface area contributed by atoms with Gasteiger partial charge in [0.2, 0.25) is 0 Å². The highest BCUT2D eigenvalue weighted by molar-refractivity contribution is 14.0. The molecule has 2 saturated carbocycles. The number of hydrogen-bond donors (Lipinski definition) is 2. The lowest BCUT2D eigenvalue weighted by Gasteiger charge is -2.34. The molecule has 0 amide bonds. The summed E-state index contributed by atoms with van der Waals surface area (Å²) in [5.74, 6) is 3.72. The SMILES string of the molecule is CCN=C(NC1CCN(CC2CCOC2)CC1)NC1CC1C1CCCCC1.I. The van der Waals surface area contributed by atoms with Crippen molar-refractivity contribution in [1.82, 2.24) is 15.5 Å². The van der Waals surface area contributed by atoms with E-state index in [4.69, 9.17) is 9.73 Å². The minimum atomic E-state index is 0. The summed E-state index contributed by atoms with van der Waals surface area (Å²) in [6.45, 7) is 8.58. The summed E-state index contributed by atoms with van der Waals surface area (Å²) in [5, 5.41) is 7.52. The Hall–Kier alpha value is -0.0800. The number of ether oxygens (including phenoxy) is 1. The van der Waals surface area contributed by atoms with Crippen LogP contribution in [0.2, 0.25) is 0 Å². The molecule has 0 radical (unpaired) electrons. The number of hydrogen-bond acceptors (Lipinski definition) is 3. The van der Waals surface area contributed by atoms with Gasteiger partial charge in [0, 0.05) is 44.9 Å². The summed E-state index contributed by atoms with van der Waals surface area (Å²) in [5.41, 5.74) is 0. The smallest absolute Gasteiger partial charge is 0.191 e. The number of aliphatic imine (C=N–C) groups is 1. The zero-order valence-electron chi connectivity index (χ0n) is 17.7. The van der Waals surface area contributed by atoms with Gasteiger partial charge in [0.15, 0.2) is 5.96 Å². The molecule has 4 fully saturated rings. The van der Waals surface area contributed by atoms with Crippen molar-refractivity contribution in [2.24, 2.45) is 22.7 Å². The summed E-state index contributed by atoms with van der Waals surface area (Å²) in [4.78, 5) is 7.38. The number of rotatable bonds is 6. The molecule has 162 valence electrons. The first-order valence-corrected chi connectivity index (χ1v) is 11.7. The monoisotopic (exact) mass is 504 g/mol. The van der Waals surface area contributed by atoms with E-state index in [0.29, 0.717) is 12.1 Å². The summed E-state index contributed by atoms with van der Waals surface area (Å²) in [6, 6.07) is 1.25. The van der Waals surface area contributed by atoms with Gasteiger partial charge in [-0.25, -0.2) is 0 Å². The summed E-state index contributed by atoms with van der Waals surface area (Å²) >= 11 is 0. The van der Waals surface area contributed by atoms with Gasteiger partial charge in [-0.2, -0.15) is 0 Å². The van der Waals surface area contributed by atoms with E-state index in [9.17, 15) is 0 Å². The van der Waals surface area contributed by atoms with Gasteiger partial charge in [-0.05, 0) is 50.4 Å². The van der Waals surface area contributed by atoms with Crippen LogP contribution in [0.5, 0.6) is 0 Å². The standard InChI is InChI=1S/C22H40N4O.HI/c1-2-23-22(25-21-14-20(21)18-6-4-3-5-7-18)24-19-8-11-26(12-9-19)15-17-10-13-27-16-17;/h17-21H,2-16H2,1H3,(H2,23,24,25);1H. The van der Waals surface area contributed by atoms with Gasteiger partial charge in [0.05, 0.1) is 6.61 Å². The van der Waals surface area contributed by atoms with Crippen molar-refractivity contribution in [3.63, 3.8) is 0 Å². The van der Waals surface area contributed by atoms with E-state index in [1.807, 2.05) is 0 Å². The van der Waals surface area contributed by atoms with Gasteiger partial charge in [0.25, 0.3) is 0 Å². The van der Waals surface area contributed by atoms with Gasteiger partial charge in [0.1, 0.15) is 0 Å². The molecule has 28 heavy (non-hydrogen) atoms. The van der Waals surface area contributed by atoms with E-state index >= 15 is 0 Å². The van der Waals surface area contributed by atoms with Gasteiger partial charge >= 0.3 is 0 Å². The van der Waals surface area contributed by atoms with E-state index in [1.54, 1.807) is 0 Å². The Bertz CT molecular complexity index is 483. The van der Waals surface area contributed by atoms with Crippen LogP contribution in [0.3, 0.4) is 0 Å². The zero-order chi connectivity index (χ0) is 18.5. The highest BCUT2D eigenvalue weighted by atomic mass is 127. The van der Waals surface area contributed by atoms with Crippen molar-refractivity contribution in [2.75, 3.05) is 39.4 Å². The predicted molar refractivity (Wildman–Crippen MR) is 127 cm³/mol. The Morgan fingerprint density at radius 2 is 1.82 bits per heavy atom. The van der Waals surface area contributed by atoms with Crippen LogP contribution in [-0.2, 0) is 4.74 Å². The van der Waals surface area contributed by atoms with Gasteiger partial charge in [-0.15, -0.1) is 24.0 Å². The fourth-order valence-electron chi connectivity index (χ4n) is 5.48. The minimum Gasteiger partial charge on any atom is -0.381 e. The van der Waals surface area contributed by atoms with Crippen LogP contribution in [0.1, 0.15) is 64.7 Å². The van der Waals surface area contributed by atoms with Gasteiger partial charge in [-0.1, -0.05) is 32.1 Å². The summed E-state index contributed by atoms with van der Waals surface area (Å²) in [6.07, 6.45) is 12.3. The van der Waals surface area contributed by atoms with E-state index in [0.717, 1.165) is 43.5 Å². The second kappa shape index (κ2) is 11.3. The molecule has 5 nitrogen and oxygen atoms in total. The fourth-order valence-corrected chi connectivity index (χ4v) is 5.48. The molecule has 2 aliphatic heterocycles. The number of halogens is 1. The lowest BCUT2D eigenvalue weighted by atomic mass is 9.85. The topological polar surface area (TPSA) is 48.9 Å². The predicted octanol–water partition coefficient (Wildman–Crippen LogP) is 3.63. The molecule has 2 saturated heterocycles. The Kier molecular flexibility index (Phi) is 9.16. The Balaban J connectivity index is 0.00000225. The molecule has 0 bridgehead atoms. The molecular formula is C22H41IN4O. The Morgan fingerprint density at radius 1 is 1.04 bits per heavy atom. The second-order valence-electron chi connectivity index (χ2n) is 9.32. The van der Waals surface area contributed by atoms with Crippen molar-refractivity contribution in [2.45, 2.75) is 76.8 Å². The normalized spacial score (nSPS) is 32.8. The highest BCUT2D eigenvalue weighted by Gasteiger charge is 2.43. The van der Waals surface area contributed by atoms with E-state index in [-0.39, 0.29) is 24.0 Å². The largest absolute Gasteiger partial charge is 0.381 e. The van der Waals surface area contributed by atoms with Crippen molar-refractivity contribution in [1.29, 1.82) is 0 Å². The number of piperidine rings is 1. The van der Waals surface area contributed by atoms with Crippen LogP contribution in [-0.4, -0.2) is 62.3 Å². The maximum absolute atomic E-state index is 5.53. The van der Waals surface area contributed by atoms with Gasteiger partial charge in [-0.3, -0.25) is 4.99 Å². The lowest BCUT2D eigenvalue weighted by molar-refractivity contribution is 0.150. The lowest BCUT2D eigenvalue weighted by Crippen LogP contribution is -2.50. The first-order chi connectivity index (χ1) is 13.3. The number of nitrogens with one attached hydrogen (secondary N) is 2. The molecule has 0 aromatic carbocycles. The van der Waals surface area contributed by atoms with E-state index in [2.05, 4.69) is 22.5 Å². The first kappa shape index (κ1) is 22.6. The first-order valence-electron chi connectivity index (χ1n) is 11.7. The fraction of sp³-hybridized carbons (Fsp3) is 0.955. The molecule has 2 N–H and O–H groups in total. The molecule has 3 atom stereocenters. The van der Waals surface area contributed by atoms with Crippen molar-refractivity contribution >= 4 is 29.9 Å². The Morgan fingerprint density at radius 3 is 2.50 bits per heavy atom. The van der Waals surface area contributed by atoms with E-state index in [1.165, 1.54) is 77.4 Å². The molecule has 2 aliphatic carbocycles. The minimum absolute atomic E-state index is 0. The molecule has 0 spiro atoms. The average Bonchev–Trinajstić information content (AvgIpc) is 3.27. The summed E-state index contributed by atoms with van der Waals surface area (Å²) < 4.78 is 5.53. The average molecular weight is 505 g/mol. The third-order valence-electron chi connectivity index (χ3n) is 7.20. The van der Waals surface area contributed by atoms with Crippen LogP contribution >= 0.6 is 24.0 Å². The molecule has 2 heterocycles. The quantitative estimate of drug-likeness (QED) is 0.330. The molecule has 0 aromatic rings. The number of likely N-dealkylation sites (tertiary alicyclic amines) is 1. The van der Waals surface area contributed by atoms with Gasteiger partial charge < -0.3 is 20.3 Å². The second-order valence-corrected chi connectivity index (χ2v) is 9.32. The van der Waals surface area contributed by atoms with E-state index < -0.39 is 0 Å². The highest BCUT2D eigenvalue weighted by Crippen LogP contribution is 2.44. The molecule has 0 aromatic heterocycles. The maximum atomic E-state index is 5.53. The van der Waals surface area contributed by atoms with Crippen LogP contribution in [0.15, 0.2) is 4.99 Å². The third kappa shape index (κ3) is 6.46. The van der Waals surface area contributed by atoms with Crippen molar-refractivity contribution in [3.05, 3.63) is 0 Å². The Labute approximate surface area is 188 Å². The number of nitrogens with zero attached hydrogens (tertiary/aromatic N) is 2. The molecule has 4 rings (SSSR count). The summed E-state index contributed by atoms with van der Waals surface area (Å²) in [7, 11) is 0. The molecule has 4 aliphatic rings. The van der Waals surface area contributed by atoms with Crippen LogP contribution in [0, 0.1) is 17.8 Å². The zero-order valence-corrected chi connectivity index (χ0v) is 20.0. The van der Waals surface area contributed by atoms with Crippen molar-refractivity contribution in [3.8, 4) is 0 Å². The van der Waals surface area contributed by atoms with Crippen LogP contribution in [0.4, 0.5) is 0 Å². The number of guanidine groups is 1. The maximum Gasteiger partial charge on any atom is 0.191 e. The third-order valence-corrected chi connectivity index (χ3v) is 7.20. The molecule has 3 unspecified atom stereocenters. The van der Waals surface area contributed by atoms with Crippen LogP contribution in [0.25, 0.3) is 0 Å². The van der Waals surface area contributed by atoms with Crippen LogP contribution < -0.4 is 10.6 Å². The van der Waals surface area contributed by atoms with Crippen molar-refractivity contribution < 1.29 is 4.74 Å². The molecular weight excluding hydrogens is 463 g/mol. The molecule has 6 heteroatoms.